The van der Waals surface area contributed by atoms with Crippen molar-refractivity contribution in [3.8, 4) is 0 Å². The first-order valence-corrected chi connectivity index (χ1v) is 5.93. The predicted octanol–water partition coefficient (Wildman–Crippen LogP) is 3.23. The third kappa shape index (κ3) is 4.20. The molecule has 0 spiro atoms. The highest BCUT2D eigenvalue weighted by Crippen LogP contribution is 2.27. The number of hydrogen-bond acceptors (Lipinski definition) is 2. The molecular weight excluding hydrogens is 192 g/mol. The van der Waals surface area contributed by atoms with Crippen LogP contribution in [0.4, 0.5) is 0 Å². The predicted molar refractivity (Wildman–Crippen MR) is 61.0 cm³/mol. The van der Waals surface area contributed by atoms with E-state index < -0.39 is 11.6 Å². The average molecular weight is 216 g/mol. The lowest BCUT2D eigenvalue weighted by molar-refractivity contribution is -0.176. The minimum absolute atomic E-state index is 0.0131. The van der Waals surface area contributed by atoms with Gasteiger partial charge in [-0.2, -0.15) is 0 Å². The molecule has 0 aromatic heterocycles. The van der Waals surface area contributed by atoms with Crippen LogP contribution in [0.2, 0.25) is 0 Å². The quantitative estimate of drug-likeness (QED) is 0.677. The Labute approximate surface area is 92.8 Å². The normalized spacial score (nSPS) is 13.9. The molecule has 0 radical (unpaired) electrons. The summed E-state index contributed by atoms with van der Waals surface area (Å²) >= 11 is 0. The molecule has 0 rings (SSSR count). The van der Waals surface area contributed by atoms with E-state index in [1.165, 1.54) is 0 Å². The zero-order valence-corrected chi connectivity index (χ0v) is 10.4. The first kappa shape index (κ1) is 14.4. The summed E-state index contributed by atoms with van der Waals surface area (Å²) < 4.78 is 5.73. The summed E-state index contributed by atoms with van der Waals surface area (Å²) in [6.07, 6.45) is 3.73. The van der Waals surface area contributed by atoms with Crippen LogP contribution in [0.5, 0.6) is 0 Å². The molecule has 0 amide bonds. The molecule has 0 saturated heterocycles. The third-order valence-electron chi connectivity index (χ3n) is 2.70. The van der Waals surface area contributed by atoms with Crippen LogP contribution in [-0.4, -0.2) is 22.8 Å². The van der Waals surface area contributed by atoms with Crippen molar-refractivity contribution >= 4 is 5.97 Å². The highest BCUT2D eigenvalue weighted by Gasteiger charge is 2.38. The van der Waals surface area contributed by atoms with Gasteiger partial charge in [0.1, 0.15) is 0 Å². The monoisotopic (exact) mass is 216 g/mol. The fraction of sp³-hybridized carbons (Fsp3) is 0.917. The van der Waals surface area contributed by atoms with Crippen LogP contribution in [0, 0.1) is 0 Å². The molecule has 1 N–H and O–H groups in total. The maximum Gasteiger partial charge on any atom is 0.335 e. The van der Waals surface area contributed by atoms with Crippen LogP contribution in [0.3, 0.4) is 0 Å². The van der Waals surface area contributed by atoms with E-state index in [1.807, 2.05) is 27.7 Å². The Hall–Kier alpha value is -0.570. The molecular formula is C12H24O3. The van der Waals surface area contributed by atoms with Gasteiger partial charge in [0.2, 0.25) is 0 Å². The summed E-state index contributed by atoms with van der Waals surface area (Å²) in [7, 11) is 0. The SMILES string of the molecule is CCCC(CCC)(OC(C)CC)C(=O)O. The molecule has 0 aliphatic carbocycles. The van der Waals surface area contributed by atoms with Crippen LogP contribution >= 0.6 is 0 Å². The van der Waals surface area contributed by atoms with Gasteiger partial charge in [0.05, 0.1) is 6.10 Å². The van der Waals surface area contributed by atoms with Crippen molar-refractivity contribution in [2.45, 2.75) is 71.5 Å². The molecule has 1 atom stereocenters. The summed E-state index contributed by atoms with van der Waals surface area (Å²) in [5.41, 5.74) is -0.959. The third-order valence-corrected chi connectivity index (χ3v) is 2.70. The van der Waals surface area contributed by atoms with Crippen LogP contribution in [0.25, 0.3) is 0 Å². The number of rotatable bonds is 8. The molecule has 0 aromatic rings. The molecule has 15 heavy (non-hydrogen) atoms. The van der Waals surface area contributed by atoms with E-state index in [9.17, 15) is 9.90 Å². The summed E-state index contributed by atoms with van der Waals surface area (Å²) in [6, 6.07) is 0. The second-order valence-corrected chi connectivity index (χ2v) is 4.14. The molecule has 0 fully saturated rings. The van der Waals surface area contributed by atoms with Gasteiger partial charge in [-0.1, -0.05) is 33.6 Å². The standard InChI is InChI=1S/C12H24O3/c1-5-8-12(9-6-2,11(13)14)15-10(4)7-3/h10H,5-9H2,1-4H3,(H,13,14). The Morgan fingerprint density at radius 2 is 1.73 bits per heavy atom. The van der Waals surface area contributed by atoms with E-state index in [0.717, 1.165) is 19.3 Å². The van der Waals surface area contributed by atoms with Gasteiger partial charge in [0, 0.05) is 0 Å². The van der Waals surface area contributed by atoms with Crippen molar-refractivity contribution in [1.82, 2.24) is 0 Å². The number of hydrogen-bond donors (Lipinski definition) is 1. The van der Waals surface area contributed by atoms with Crippen LogP contribution < -0.4 is 0 Å². The zero-order valence-electron chi connectivity index (χ0n) is 10.4. The molecule has 3 heteroatoms. The summed E-state index contributed by atoms with van der Waals surface area (Å²) in [4.78, 5) is 11.3. The molecule has 0 saturated carbocycles. The Balaban J connectivity index is 4.68. The highest BCUT2D eigenvalue weighted by atomic mass is 16.5. The van der Waals surface area contributed by atoms with E-state index in [-0.39, 0.29) is 6.10 Å². The van der Waals surface area contributed by atoms with E-state index in [0.29, 0.717) is 12.8 Å². The van der Waals surface area contributed by atoms with Gasteiger partial charge in [0.25, 0.3) is 0 Å². The summed E-state index contributed by atoms with van der Waals surface area (Å²) in [5.74, 6) is -0.813. The minimum atomic E-state index is -0.959. The number of carboxylic acid groups (broad SMARTS) is 1. The van der Waals surface area contributed by atoms with Gasteiger partial charge >= 0.3 is 5.97 Å². The van der Waals surface area contributed by atoms with E-state index in [4.69, 9.17) is 4.74 Å². The molecule has 0 aliphatic heterocycles. The lowest BCUT2D eigenvalue weighted by Crippen LogP contribution is -2.43. The topological polar surface area (TPSA) is 46.5 Å². The van der Waals surface area contributed by atoms with Crippen molar-refractivity contribution in [3.05, 3.63) is 0 Å². The minimum Gasteiger partial charge on any atom is -0.479 e. The van der Waals surface area contributed by atoms with Gasteiger partial charge in [-0.15, -0.1) is 0 Å². The lowest BCUT2D eigenvalue weighted by Gasteiger charge is -2.32. The van der Waals surface area contributed by atoms with Crippen LogP contribution in [-0.2, 0) is 9.53 Å². The molecule has 90 valence electrons. The maximum atomic E-state index is 11.3. The van der Waals surface area contributed by atoms with Crippen molar-refractivity contribution in [2.24, 2.45) is 0 Å². The molecule has 3 nitrogen and oxygen atoms in total. The van der Waals surface area contributed by atoms with Gasteiger partial charge < -0.3 is 9.84 Å². The second-order valence-electron chi connectivity index (χ2n) is 4.14. The lowest BCUT2D eigenvalue weighted by atomic mass is 9.92. The van der Waals surface area contributed by atoms with Gasteiger partial charge in [-0.05, 0) is 26.2 Å². The van der Waals surface area contributed by atoms with Crippen molar-refractivity contribution in [3.63, 3.8) is 0 Å². The van der Waals surface area contributed by atoms with Gasteiger partial charge in [0.15, 0.2) is 5.60 Å². The number of carboxylic acids is 1. The maximum absolute atomic E-state index is 11.3. The Kier molecular flexibility index (Phi) is 6.57. The van der Waals surface area contributed by atoms with Crippen molar-refractivity contribution in [2.75, 3.05) is 0 Å². The van der Waals surface area contributed by atoms with Crippen molar-refractivity contribution in [1.29, 1.82) is 0 Å². The van der Waals surface area contributed by atoms with Crippen LogP contribution in [0.15, 0.2) is 0 Å². The largest absolute Gasteiger partial charge is 0.479 e. The smallest absolute Gasteiger partial charge is 0.335 e. The molecule has 0 aliphatic rings. The zero-order chi connectivity index (χ0) is 11.9. The Bertz CT molecular complexity index is 183. The van der Waals surface area contributed by atoms with Gasteiger partial charge in [-0.3, -0.25) is 0 Å². The molecule has 0 bridgehead atoms. The number of carbonyl (C=O) groups is 1. The number of aliphatic carboxylic acids is 1. The summed E-state index contributed by atoms with van der Waals surface area (Å²) in [6.45, 7) is 7.93. The second kappa shape index (κ2) is 6.83. The Morgan fingerprint density at radius 1 is 1.27 bits per heavy atom. The first-order valence-electron chi connectivity index (χ1n) is 5.93. The highest BCUT2D eigenvalue weighted by molar-refractivity contribution is 5.77. The van der Waals surface area contributed by atoms with Crippen molar-refractivity contribution < 1.29 is 14.6 Å². The summed E-state index contributed by atoms with van der Waals surface area (Å²) in [5, 5.41) is 9.31. The first-order chi connectivity index (χ1) is 7.02. The van der Waals surface area contributed by atoms with E-state index >= 15 is 0 Å². The average Bonchev–Trinajstić information content (AvgIpc) is 2.18. The van der Waals surface area contributed by atoms with Crippen LogP contribution in [0.1, 0.15) is 59.8 Å². The molecule has 0 aromatic carbocycles. The van der Waals surface area contributed by atoms with Gasteiger partial charge in [-0.25, -0.2) is 4.79 Å². The molecule has 1 unspecified atom stereocenters. The molecule has 0 heterocycles. The number of ether oxygens (including phenoxy) is 1. The fourth-order valence-corrected chi connectivity index (χ4v) is 1.78. The Morgan fingerprint density at radius 3 is 2.00 bits per heavy atom. The van der Waals surface area contributed by atoms with E-state index in [1.54, 1.807) is 0 Å². The fourth-order valence-electron chi connectivity index (χ4n) is 1.78. The van der Waals surface area contributed by atoms with E-state index in [2.05, 4.69) is 0 Å².